The summed E-state index contributed by atoms with van der Waals surface area (Å²) >= 11 is 0. The van der Waals surface area contributed by atoms with Gasteiger partial charge in [-0.05, 0) is 78.4 Å². The number of hydrogen-bond acceptors (Lipinski definition) is 11. The topological polar surface area (TPSA) is 213 Å². The van der Waals surface area contributed by atoms with Crippen LogP contribution in [0.15, 0.2) is 94.4 Å². The lowest BCUT2D eigenvalue weighted by atomic mass is 9.76. The maximum atomic E-state index is 13.6. The summed E-state index contributed by atoms with van der Waals surface area (Å²) in [6.07, 6.45) is 8.79. The molecule has 57 heavy (non-hydrogen) atoms. The number of hydrogen-bond donors (Lipinski definition) is 2. The van der Waals surface area contributed by atoms with Gasteiger partial charge in [-0.3, -0.25) is 18.7 Å². The molecule has 2 aromatic carbocycles. The van der Waals surface area contributed by atoms with E-state index in [2.05, 4.69) is 6.58 Å². The van der Waals surface area contributed by atoms with Crippen LogP contribution in [0.1, 0.15) is 76.5 Å². The van der Waals surface area contributed by atoms with Gasteiger partial charge in [0.25, 0.3) is 32.1 Å². The molecule has 2 aliphatic heterocycles. The van der Waals surface area contributed by atoms with Gasteiger partial charge in [0.05, 0.1) is 15.5 Å². The summed E-state index contributed by atoms with van der Waals surface area (Å²) in [6.45, 7) is 13.9. The van der Waals surface area contributed by atoms with E-state index in [1.807, 2.05) is 45.6 Å². The third kappa shape index (κ3) is 10.5. The van der Waals surface area contributed by atoms with Gasteiger partial charge in [-0.1, -0.05) is 64.6 Å². The van der Waals surface area contributed by atoms with Crippen LogP contribution in [-0.2, 0) is 60.3 Å². The van der Waals surface area contributed by atoms with E-state index in [0.717, 1.165) is 21.1 Å². The number of amides is 2. The molecular weight excluding hydrogens is 799 g/mol. The lowest BCUT2D eigenvalue weighted by Crippen LogP contribution is -2.33. The molecule has 0 spiro atoms. The van der Waals surface area contributed by atoms with Gasteiger partial charge in [-0.15, -0.1) is 5.06 Å². The second-order valence-electron chi connectivity index (χ2n) is 15.0. The fourth-order valence-corrected chi connectivity index (χ4v) is 8.95. The summed E-state index contributed by atoms with van der Waals surface area (Å²) in [6, 6.07) is 9.03. The van der Waals surface area contributed by atoms with E-state index in [-0.39, 0.29) is 55.0 Å². The predicted octanol–water partition coefficient (Wildman–Crippen LogP) is 5.16. The number of fused-ring (bicyclic) bond motifs is 1. The smallest absolute Gasteiger partial charge is 0.333 e. The maximum Gasteiger partial charge on any atom is 0.333 e. The van der Waals surface area contributed by atoms with Crippen molar-refractivity contribution in [2.45, 2.75) is 87.3 Å². The molecule has 15 nitrogen and oxygen atoms in total. The van der Waals surface area contributed by atoms with Crippen molar-refractivity contribution < 1.29 is 53.6 Å². The monoisotopic (exact) mass is 847 g/mol. The third-order valence-electron chi connectivity index (χ3n) is 10.2. The Morgan fingerprint density at radius 2 is 1.58 bits per heavy atom. The predicted molar refractivity (Wildman–Crippen MR) is 214 cm³/mol. The highest BCUT2D eigenvalue weighted by molar-refractivity contribution is 7.89. The average Bonchev–Trinajstić information content (AvgIpc) is 3.53. The molecule has 0 unspecified atom stereocenters. The van der Waals surface area contributed by atoms with E-state index in [0.29, 0.717) is 21.9 Å². The summed E-state index contributed by atoms with van der Waals surface area (Å²) in [4.78, 5) is 42.1. The fourth-order valence-electron chi connectivity index (χ4n) is 6.71. The first-order valence-electron chi connectivity index (χ1n) is 18.0. The quantitative estimate of drug-likeness (QED) is 0.120. The Bertz CT molecular complexity index is 2360. The number of rotatable bonds is 17. The minimum Gasteiger partial charge on any atom is -0.344 e. The van der Waals surface area contributed by atoms with E-state index in [4.69, 9.17) is 4.84 Å². The Morgan fingerprint density at radius 3 is 2.19 bits per heavy atom. The van der Waals surface area contributed by atoms with Crippen LogP contribution in [0.4, 0.5) is 5.69 Å². The van der Waals surface area contributed by atoms with Crippen LogP contribution in [0, 0.1) is 6.92 Å². The first-order chi connectivity index (χ1) is 26.3. The molecule has 0 bridgehead atoms. The Hall–Kier alpha value is -4.46. The fraction of sp³-hybridized carbons (Fsp3) is 0.410. The van der Waals surface area contributed by atoms with Gasteiger partial charge in [0.2, 0.25) is 10.0 Å². The van der Waals surface area contributed by atoms with Gasteiger partial charge in [-0.25, -0.2) is 17.5 Å². The van der Waals surface area contributed by atoms with E-state index in [1.165, 1.54) is 25.2 Å². The number of benzene rings is 2. The second kappa shape index (κ2) is 17.2. The molecule has 0 radical (unpaired) electrons. The number of anilines is 1. The molecule has 0 aliphatic carbocycles. The van der Waals surface area contributed by atoms with E-state index in [9.17, 15) is 48.7 Å². The molecule has 2 N–H and O–H groups in total. The highest BCUT2D eigenvalue weighted by Gasteiger charge is 2.40. The number of allylic oxidation sites excluding steroid dienone is 7. The Kier molecular flexibility index (Phi) is 13.6. The van der Waals surface area contributed by atoms with Gasteiger partial charge >= 0.3 is 5.97 Å². The Morgan fingerprint density at radius 1 is 0.947 bits per heavy atom. The lowest BCUT2D eigenvalue weighted by Gasteiger charge is -2.29. The van der Waals surface area contributed by atoms with Crippen LogP contribution in [0.5, 0.6) is 0 Å². The Balaban J connectivity index is 1.48. The van der Waals surface area contributed by atoms with Crippen LogP contribution in [0.25, 0.3) is 0 Å². The molecule has 4 rings (SSSR count). The molecule has 2 aromatic rings. The van der Waals surface area contributed by atoms with Crippen molar-refractivity contribution in [2.24, 2.45) is 0 Å². The van der Waals surface area contributed by atoms with Gasteiger partial charge in [0, 0.05) is 61.6 Å². The van der Waals surface area contributed by atoms with Crippen molar-refractivity contribution in [3.8, 4) is 0 Å². The summed E-state index contributed by atoms with van der Waals surface area (Å²) < 4.78 is 93.9. The molecule has 2 aliphatic rings. The van der Waals surface area contributed by atoms with Crippen molar-refractivity contribution in [2.75, 3.05) is 30.8 Å². The molecule has 310 valence electrons. The van der Waals surface area contributed by atoms with Gasteiger partial charge in [0.1, 0.15) is 0 Å². The van der Waals surface area contributed by atoms with Crippen LogP contribution in [0.2, 0.25) is 0 Å². The van der Waals surface area contributed by atoms with Crippen LogP contribution >= 0.6 is 0 Å². The zero-order valence-corrected chi connectivity index (χ0v) is 35.2. The summed E-state index contributed by atoms with van der Waals surface area (Å²) in [5, 5.41) is 0.453. The molecule has 0 saturated carbocycles. The van der Waals surface area contributed by atoms with Crippen molar-refractivity contribution in [1.29, 1.82) is 0 Å². The van der Waals surface area contributed by atoms with E-state index in [1.54, 1.807) is 42.5 Å². The van der Waals surface area contributed by atoms with Crippen molar-refractivity contribution >= 4 is 53.7 Å². The highest BCUT2D eigenvalue weighted by atomic mass is 32.2. The molecule has 2 amide bonds. The molecular formula is C39H49N3O12S3. The number of sulfonamides is 1. The normalized spacial score (nSPS) is 17.1. The first-order valence-corrected chi connectivity index (χ1v) is 22.5. The van der Waals surface area contributed by atoms with Crippen LogP contribution in [-0.4, -0.2) is 87.4 Å². The molecule has 0 atom stereocenters. The van der Waals surface area contributed by atoms with Gasteiger partial charge < -0.3 is 9.74 Å². The lowest BCUT2D eigenvalue weighted by molar-refractivity contribution is -0.197. The number of carbonyl (C=O) groups excluding carboxylic acids is 3. The zero-order valence-electron chi connectivity index (χ0n) is 32.8. The molecule has 1 saturated heterocycles. The largest absolute Gasteiger partial charge is 0.344 e. The van der Waals surface area contributed by atoms with Gasteiger partial charge in [-0.2, -0.15) is 16.8 Å². The SMILES string of the molecule is C=C(/C=C/C=C/C=C1/N(CCCS(=O)(=O)O)c2ccc(S(=O)(=O)O)cc2C1(C)C)C(C)(C)c1cc(S(=O)(=O)N(C)CCCC(=O)ON2C(=O)CCC2=O)ccc1C. The molecule has 18 heteroatoms. The van der Waals surface area contributed by atoms with Crippen molar-refractivity contribution in [3.05, 3.63) is 101 Å². The number of imide groups is 1. The number of carbonyl (C=O) groups is 3. The third-order valence-corrected chi connectivity index (χ3v) is 13.7. The summed E-state index contributed by atoms with van der Waals surface area (Å²) in [5.74, 6) is -2.48. The maximum absolute atomic E-state index is 13.6. The Labute approximate surface area is 334 Å². The van der Waals surface area contributed by atoms with Crippen molar-refractivity contribution in [3.63, 3.8) is 0 Å². The molecule has 1 fully saturated rings. The minimum absolute atomic E-state index is 0.0267. The molecule has 0 aromatic heterocycles. The van der Waals surface area contributed by atoms with Crippen LogP contribution < -0.4 is 4.90 Å². The summed E-state index contributed by atoms with van der Waals surface area (Å²) in [5.41, 5.74) is 2.69. The van der Waals surface area contributed by atoms with E-state index < -0.39 is 64.6 Å². The highest BCUT2D eigenvalue weighted by Crippen LogP contribution is 2.48. The zero-order chi connectivity index (χ0) is 42.7. The number of nitrogens with zero attached hydrogens (tertiary/aromatic N) is 3. The first kappa shape index (κ1) is 45.2. The standard InChI is InChI=1S/C39H49N3O12S3/c1-27-16-17-29(56(49,50)40(7)22-11-15-37(45)54-42-35(43)20-21-36(42)44)25-31(27)38(3,4)28(2)13-9-8-10-14-34-39(5,6)32-26-30(57(51,52)53)18-19-33(32)41(34)23-12-24-55(46,47)48/h8-10,13-14,16-19,25-26H,2,11-12,15,20-24H2,1,3-7H3,(H,46,47,48)(H,51,52,53)/b10-8+,13-9+,34-14+. The average molecular weight is 848 g/mol. The summed E-state index contributed by atoms with van der Waals surface area (Å²) in [7, 11) is -11.3. The van der Waals surface area contributed by atoms with E-state index >= 15 is 0 Å². The number of hydroxylamine groups is 2. The second-order valence-corrected chi connectivity index (χ2v) is 20.0. The van der Waals surface area contributed by atoms with Gasteiger partial charge in [0.15, 0.2) is 0 Å². The molecule has 2 heterocycles. The van der Waals surface area contributed by atoms with Crippen LogP contribution in [0.3, 0.4) is 0 Å². The minimum atomic E-state index is -4.48. The van der Waals surface area contributed by atoms with Crippen molar-refractivity contribution in [1.82, 2.24) is 9.37 Å². The number of aryl methyl sites for hydroxylation is 1.